The van der Waals surface area contributed by atoms with Crippen LogP contribution in [0.2, 0.25) is 10.0 Å². The van der Waals surface area contributed by atoms with E-state index in [0.29, 0.717) is 15.4 Å². The molecule has 3 rings (SSSR count). The highest BCUT2D eigenvalue weighted by Crippen LogP contribution is 2.44. The summed E-state index contributed by atoms with van der Waals surface area (Å²) in [5.74, 6) is 0.759. The van der Waals surface area contributed by atoms with Crippen molar-refractivity contribution in [1.82, 2.24) is 0 Å². The lowest BCUT2D eigenvalue weighted by molar-refractivity contribution is -0.153. The lowest BCUT2D eigenvalue weighted by atomic mass is 9.74. The van der Waals surface area contributed by atoms with Crippen LogP contribution in [0.3, 0.4) is 0 Å². The summed E-state index contributed by atoms with van der Waals surface area (Å²) in [5.41, 5.74) is 1.08. The van der Waals surface area contributed by atoms with E-state index in [1.54, 1.807) is 6.07 Å². The quantitative estimate of drug-likeness (QED) is 0.657. The lowest BCUT2D eigenvalue weighted by Crippen LogP contribution is -2.48. The van der Waals surface area contributed by atoms with Gasteiger partial charge < -0.3 is 9.47 Å². The van der Waals surface area contributed by atoms with Crippen molar-refractivity contribution in [2.24, 2.45) is 0 Å². The largest absolute Gasteiger partial charge is 0.488 e. The van der Waals surface area contributed by atoms with Crippen LogP contribution in [0.25, 0.3) is 0 Å². The van der Waals surface area contributed by atoms with Gasteiger partial charge in [-0.15, -0.1) is 0 Å². The Labute approximate surface area is 137 Å². The fourth-order valence-electron chi connectivity index (χ4n) is 3.01. The first-order chi connectivity index (χ1) is 9.62. The maximum absolute atomic E-state index is 6.29. The average Bonchev–Trinajstić information content (AvgIpc) is 2.40. The highest BCUT2D eigenvalue weighted by molar-refractivity contribution is 9.08. The van der Waals surface area contributed by atoms with Crippen molar-refractivity contribution in [3.8, 4) is 5.75 Å². The molecule has 1 heterocycles. The van der Waals surface area contributed by atoms with Gasteiger partial charge in [-0.05, 0) is 31.4 Å². The summed E-state index contributed by atoms with van der Waals surface area (Å²) in [6, 6.07) is 3.64. The number of halogens is 3. The number of hydrogen-bond donors (Lipinski definition) is 0. The standard InChI is InChI=1S/C15H17BrCl2O2/c16-9-10-6-11(17)7-13(18)14(10)20-12-2-5-19-15(8-12)3-1-4-15/h6-7,12H,1-5,8-9H2. The van der Waals surface area contributed by atoms with Gasteiger partial charge in [0.15, 0.2) is 0 Å². The van der Waals surface area contributed by atoms with E-state index in [-0.39, 0.29) is 11.7 Å². The highest BCUT2D eigenvalue weighted by atomic mass is 79.9. The second-order valence-corrected chi connectivity index (χ2v) is 7.03. The Bertz CT molecular complexity index is 503. The monoisotopic (exact) mass is 378 g/mol. The molecular weight excluding hydrogens is 363 g/mol. The minimum atomic E-state index is 0.0797. The van der Waals surface area contributed by atoms with Crippen molar-refractivity contribution in [3.63, 3.8) is 0 Å². The van der Waals surface area contributed by atoms with Crippen molar-refractivity contribution >= 4 is 39.1 Å². The maximum atomic E-state index is 6.29. The van der Waals surface area contributed by atoms with Crippen LogP contribution in [-0.4, -0.2) is 18.3 Å². The third-order valence-corrected chi connectivity index (χ3v) is 5.33. The molecule has 0 bridgehead atoms. The van der Waals surface area contributed by atoms with Gasteiger partial charge in [-0.3, -0.25) is 0 Å². The van der Waals surface area contributed by atoms with Gasteiger partial charge in [-0.1, -0.05) is 39.1 Å². The molecule has 1 saturated heterocycles. The van der Waals surface area contributed by atoms with Gasteiger partial charge >= 0.3 is 0 Å². The van der Waals surface area contributed by atoms with Crippen LogP contribution in [0.1, 0.15) is 37.7 Å². The molecule has 1 aromatic rings. The molecule has 1 spiro atoms. The summed E-state index contributed by atoms with van der Waals surface area (Å²) in [4.78, 5) is 0. The average molecular weight is 380 g/mol. The van der Waals surface area contributed by atoms with E-state index in [4.69, 9.17) is 32.7 Å². The predicted octanol–water partition coefficient (Wildman–Crippen LogP) is 5.37. The van der Waals surface area contributed by atoms with Crippen molar-refractivity contribution in [2.75, 3.05) is 6.61 Å². The number of ether oxygens (including phenoxy) is 2. The zero-order valence-corrected chi connectivity index (χ0v) is 14.2. The molecule has 5 heteroatoms. The van der Waals surface area contributed by atoms with Crippen LogP contribution in [-0.2, 0) is 10.1 Å². The minimum Gasteiger partial charge on any atom is -0.488 e. The zero-order chi connectivity index (χ0) is 14.2. The molecular formula is C15H17BrCl2O2. The van der Waals surface area contributed by atoms with Crippen LogP contribution in [0.5, 0.6) is 5.75 Å². The number of alkyl halides is 1. The molecule has 2 aliphatic rings. The molecule has 0 N–H and O–H groups in total. The summed E-state index contributed by atoms with van der Waals surface area (Å²) >= 11 is 15.8. The predicted molar refractivity (Wildman–Crippen MR) is 85.3 cm³/mol. The van der Waals surface area contributed by atoms with Gasteiger partial charge in [0.25, 0.3) is 0 Å². The summed E-state index contributed by atoms with van der Waals surface area (Å²) in [6.45, 7) is 0.777. The first kappa shape index (κ1) is 15.0. The van der Waals surface area contributed by atoms with Gasteiger partial charge in [0, 0.05) is 28.8 Å². The van der Waals surface area contributed by atoms with Crippen LogP contribution in [0.15, 0.2) is 12.1 Å². The Morgan fingerprint density at radius 1 is 1.35 bits per heavy atom. The first-order valence-electron chi connectivity index (χ1n) is 6.96. The molecule has 1 unspecified atom stereocenters. The Morgan fingerprint density at radius 2 is 2.15 bits per heavy atom. The first-order valence-corrected chi connectivity index (χ1v) is 8.84. The molecule has 1 aliphatic heterocycles. The molecule has 0 aromatic heterocycles. The Balaban J connectivity index is 1.77. The van der Waals surface area contributed by atoms with E-state index >= 15 is 0 Å². The molecule has 2 fully saturated rings. The van der Waals surface area contributed by atoms with E-state index in [1.165, 1.54) is 6.42 Å². The molecule has 0 amide bonds. The summed E-state index contributed by atoms with van der Waals surface area (Å²) in [7, 11) is 0. The van der Waals surface area contributed by atoms with Crippen molar-refractivity contribution in [2.45, 2.75) is 49.1 Å². The lowest BCUT2D eigenvalue weighted by Gasteiger charge is -2.47. The smallest absolute Gasteiger partial charge is 0.142 e. The fraction of sp³-hybridized carbons (Fsp3) is 0.600. The fourth-order valence-corrected chi connectivity index (χ4v) is 4.01. The Kier molecular flexibility index (Phi) is 4.51. The van der Waals surface area contributed by atoms with Crippen molar-refractivity contribution in [3.05, 3.63) is 27.7 Å². The van der Waals surface area contributed by atoms with Crippen LogP contribution in [0.4, 0.5) is 0 Å². The molecule has 1 aromatic carbocycles. The van der Waals surface area contributed by atoms with Crippen molar-refractivity contribution in [1.29, 1.82) is 0 Å². The molecule has 20 heavy (non-hydrogen) atoms. The molecule has 1 aliphatic carbocycles. The zero-order valence-electron chi connectivity index (χ0n) is 11.1. The van der Waals surface area contributed by atoms with Crippen LogP contribution in [0, 0.1) is 0 Å². The van der Waals surface area contributed by atoms with E-state index in [0.717, 1.165) is 43.6 Å². The maximum Gasteiger partial charge on any atom is 0.142 e. The van der Waals surface area contributed by atoms with E-state index < -0.39 is 0 Å². The van der Waals surface area contributed by atoms with E-state index in [1.807, 2.05) is 6.07 Å². The Hall–Kier alpha value is 0.0400. The SMILES string of the molecule is Clc1cc(Cl)c(OC2CCOC3(CCC3)C2)c(CBr)c1. The van der Waals surface area contributed by atoms with Gasteiger partial charge in [-0.2, -0.15) is 0 Å². The second-order valence-electron chi connectivity index (χ2n) is 5.63. The third kappa shape index (κ3) is 2.96. The van der Waals surface area contributed by atoms with Gasteiger partial charge in [0.1, 0.15) is 11.9 Å². The van der Waals surface area contributed by atoms with Crippen molar-refractivity contribution < 1.29 is 9.47 Å². The topological polar surface area (TPSA) is 18.5 Å². The van der Waals surface area contributed by atoms with E-state index in [2.05, 4.69) is 15.9 Å². The molecule has 2 nitrogen and oxygen atoms in total. The molecule has 0 radical (unpaired) electrons. The van der Waals surface area contributed by atoms with Gasteiger partial charge in [0.05, 0.1) is 17.2 Å². The van der Waals surface area contributed by atoms with Gasteiger partial charge in [-0.25, -0.2) is 0 Å². The number of hydrogen-bond acceptors (Lipinski definition) is 2. The third-order valence-electron chi connectivity index (χ3n) is 4.23. The Morgan fingerprint density at radius 3 is 2.80 bits per heavy atom. The molecule has 1 saturated carbocycles. The minimum absolute atomic E-state index is 0.0797. The van der Waals surface area contributed by atoms with Crippen LogP contribution < -0.4 is 4.74 Å². The normalized spacial score (nSPS) is 24.4. The second kappa shape index (κ2) is 6.04. The van der Waals surface area contributed by atoms with Gasteiger partial charge in [0.2, 0.25) is 0 Å². The number of rotatable bonds is 3. The molecule has 1 atom stereocenters. The summed E-state index contributed by atoms with van der Waals surface area (Å²) < 4.78 is 12.1. The van der Waals surface area contributed by atoms with Crippen LogP contribution >= 0.6 is 39.1 Å². The highest BCUT2D eigenvalue weighted by Gasteiger charge is 2.43. The summed E-state index contributed by atoms with van der Waals surface area (Å²) in [6.07, 6.45) is 5.65. The summed E-state index contributed by atoms with van der Waals surface area (Å²) in [5, 5.41) is 1.90. The number of benzene rings is 1. The molecule has 110 valence electrons. The van der Waals surface area contributed by atoms with E-state index in [9.17, 15) is 0 Å².